The van der Waals surface area contributed by atoms with Crippen molar-refractivity contribution in [1.82, 2.24) is 0 Å². The maximum absolute atomic E-state index is 12.4. The second-order valence-corrected chi connectivity index (χ2v) is 5.03. The molecule has 0 saturated heterocycles. The summed E-state index contributed by atoms with van der Waals surface area (Å²) in [7, 11) is 0. The Morgan fingerprint density at radius 1 is 1.25 bits per heavy atom. The second-order valence-electron chi connectivity index (χ2n) is 4.59. The first-order valence-corrected chi connectivity index (χ1v) is 6.90. The van der Waals surface area contributed by atoms with Gasteiger partial charge in [0.15, 0.2) is 0 Å². The lowest BCUT2D eigenvalue weighted by atomic mass is 9.95. The highest BCUT2D eigenvalue weighted by Crippen LogP contribution is 2.26. The summed E-state index contributed by atoms with van der Waals surface area (Å²) < 4.78 is 0. The Hall–Kier alpha value is -2.00. The van der Waals surface area contributed by atoms with Gasteiger partial charge < -0.3 is 11.1 Å². The second kappa shape index (κ2) is 6.44. The first-order chi connectivity index (χ1) is 9.61. The monoisotopic (exact) mass is 288 g/mol. The molecule has 0 saturated carbocycles. The Balaban J connectivity index is 2.18. The smallest absolute Gasteiger partial charge is 0.231 e. The molecule has 0 heterocycles. The lowest BCUT2D eigenvalue weighted by molar-refractivity contribution is -0.117. The summed E-state index contributed by atoms with van der Waals surface area (Å²) in [5.74, 6) is -0.251. The van der Waals surface area contributed by atoms with Crippen LogP contribution in [0.15, 0.2) is 48.5 Å². The largest absolute Gasteiger partial charge is 0.397 e. The van der Waals surface area contributed by atoms with Crippen LogP contribution in [0, 0.1) is 0 Å². The van der Waals surface area contributed by atoms with Gasteiger partial charge in [0.05, 0.1) is 17.3 Å². The summed E-state index contributed by atoms with van der Waals surface area (Å²) in [5.41, 5.74) is 7.91. The van der Waals surface area contributed by atoms with E-state index in [0.717, 1.165) is 12.0 Å². The third-order valence-corrected chi connectivity index (χ3v) is 3.43. The highest BCUT2D eigenvalue weighted by molar-refractivity contribution is 6.31. The summed E-state index contributed by atoms with van der Waals surface area (Å²) in [5, 5.41) is 3.42. The molecule has 2 aromatic carbocycles. The first-order valence-electron chi connectivity index (χ1n) is 6.52. The molecular formula is C16H17ClN2O. The third-order valence-electron chi connectivity index (χ3n) is 3.20. The number of amides is 1. The lowest BCUT2D eigenvalue weighted by Crippen LogP contribution is -2.21. The zero-order valence-electron chi connectivity index (χ0n) is 11.3. The van der Waals surface area contributed by atoms with Crippen LogP contribution in [0.4, 0.5) is 11.4 Å². The molecule has 2 aromatic rings. The summed E-state index contributed by atoms with van der Waals surface area (Å²) in [6, 6.07) is 14.8. The molecule has 0 bridgehead atoms. The van der Waals surface area contributed by atoms with Crippen LogP contribution in [0.25, 0.3) is 0 Å². The number of nitrogen functional groups attached to an aromatic ring is 1. The van der Waals surface area contributed by atoms with E-state index >= 15 is 0 Å². The Labute approximate surface area is 123 Å². The van der Waals surface area contributed by atoms with Crippen molar-refractivity contribution in [3.8, 4) is 0 Å². The fraction of sp³-hybridized carbons (Fsp3) is 0.188. The van der Waals surface area contributed by atoms with Crippen LogP contribution in [0.2, 0.25) is 5.02 Å². The molecule has 1 unspecified atom stereocenters. The van der Waals surface area contributed by atoms with E-state index in [-0.39, 0.29) is 11.8 Å². The van der Waals surface area contributed by atoms with Crippen molar-refractivity contribution >= 4 is 28.9 Å². The van der Waals surface area contributed by atoms with E-state index < -0.39 is 0 Å². The van der Waals surface area contributed by atoms with Crippen molar-refractivity contribution in [3.05, 3.63) is 59.1 Å². The topological polar surface area (TPSA) is 55.1 Å². The maximum Gasteiger partial charge on any atom is 0.231 e. The van der Waals surface area contributed by atoms with E-state index in [0.29, 0.717) is 16.4 Å². The van der Waals surface area contributed by atoms with Crippen molar-refractivity contribution in [3.63, 3.8) is 0 Å². The zero-order valence-corrected chi connectivity index (χ0v) is 12.0. The molecule has 3 nitrogen and oxygen atoms in total. The third kappa shape index (κ3) is 3.31. The highest BCUT2D eigenvalue weighted by Gasteiger charge is 2.19. The fourth-order valence-corrected chi connectivity index (χ4v) is 2.31. The molecule has 4 heteroatoms. The van der Waals surface area contributed by atoms with Gasteiger partial charge in [-0.05, 0) is 30.2 Å². The predicted molar refractivity (Wildman–Crippen MR) is 84.0 cm³/mol. The van der Waals surface area contributed by atoms with Crippen LogP contribution in [0.5, 0.6) is 0 Å². The Morgan fingerprint density at radius 2 is 1.95 bits per heavy atom. The van der Waals surface area contributed by atoms with E-state index in [1.54, 1.807) is 18.2 Å². The molecule has 0 spiro atoms. The molecule has 0 radical (unpaired) electrons. The quantitative estimate of drug-likeness (QED) is 0.834. The minimum absolute atomic E-state index is 0.0623. The molecule has 0 aliphatic heterocycles. The Bertz CT molecular complexity index is 599. The molecule has 2 rings (SSSR count). The van der Waals surface area contributed by atoms with Gasteiger partial charge in [-0.1, -0.05) is 48.9 Å². The molecule has 0 aromatic heterocycles. The van der Waals surface area contributed by atoms with Gasteiger partial charge in [-0.3, -0.25) is 4.79 Å². The molecule has 1 amide bonds. The first kappa shape index (κ1) is 14.4. The van der Waals surface area contributed by atoms with Crippen LogP contribution < -0.4 is 11.1 Å². The van der Waals surface area contributed by atoms with Crippen molar-refractivity contribution in [2.24, 2.45) is 0 Å². The number of nitrogens with one attached hydrogen (secondary N) is 1. The van der Waals surface area contributed by atoms with Gasteiger partial charge >= 0.3 is 0 Å². The number of halogens is 1. The van der Waals surface area contributed by atoms with Crippen molar-refractivity contribution in [1.29, 1.82) is 0 Å². The molecule has 1 atom stereocenters. The summed E-state index contributed by atoms with van der Waals surface area (Å²) in [6.45, 7) is 1.99. The van der Waals surface area contributed by atoms with Gasteiger partial charge in [0.25, 0.3) is 0 Å². The van der Waals surface area contributed by atoms with E-state index in [4.69, 9.17) is 17.3 Å². The predicted octanol–water partition coefficient (Wildman–Crippen LogP) is 4.05. The SMILES string of the molecule is CCC(C(=O)Nc1ccc(Cl)cc1N)c1ccccc1. The summed E-state index contributed by atoms with van der Waals surface area (Å²) >= 11 is 5.85. The lowest BCUT2D eigenvalue weighted by Gasteiger charge is -2.16. The Morgan fingerprint density at radius 3 is 2.55 bits per heavy atom. The molecule has 20 heavy (non-hydrogen) atoms. The van der Waals surface area contributed by atoms with Crippen LogP contribution in [0.1, 0.15) is 24.8 Å². The van der Waals surface area contributed by atoms with Crippen molar-refractivity contribution in [2.75, 3.05) is 11.1 Å². The number of hydrogen-bond acceptors (Lipinski definition) is 2. The number of nitrogens with two attached hydrogens (primary N) is 1. The van der Waals surface area contributed by atoms with Gasteiger partial charge in [0, 0.05) is 5.02 Å². The van der Waals surface area contributed by atoms with Gasteiger partial charge in [-0.2, -0.15) is 0 Å². The summed E-state index contributed by atoms with van der Waals surface area (Å²) in [6.07, 6.45) is 0.726. The highest BCUT2D eigenvalue weighted by atomic mass is 35.5. The van der Waals surface area contributed by atoms with E-state index in [2.05, 4.69) is 5.32 Å². The fourth-order valence-electron chi connectivity index (χ4n) is 2.13. The van der Waals surface area contributed by atoms with E-state index in [1.807, 2.05) is 37.3 Å². The van der Waals surface area contributed by atoms with Crippen molar-refractivity contribution < 1.29 is 4.79 Å². The molecule has 104 valence electrons. The van der Waals surface area contributed by atoms with Crippen LogP contribution in [0.3, 0.4) is 0 Å². The summed E-state index contributed by atoms with van der Waals surface area (Å²) in [4.78, 5) is 12.4. The molecule has 0 fully saturated rings. The average Bonchev–Trinajstić information content (AvgIpc) is 2.44. The van der Waals surface area contributed by atoms with Crippen molar-refractivity contribution in [2.45, 2.75) is 19.3 Å². The number of rotatable bonds is 4. The van der Waals surface area contributed by atoms with Gasteiger partial charge in [0.1, 0.15) is 0 Å². The number of carbonyl (C=O) groups is 1. The molecular weight excluding hydrogens is 272 g/mol. The minimum atomic E-state index is -0.189. The maximum atomic E-state index is 12.4. The number of anilines is 2. The molecule has 3 N–H and O–H groups in total. The number of benzene rings is 2. The number of hydrogen-bond donors (Lipinski definition) is 2. The van der Waals surface area contributed by atoms with E-state index in [9.17, 15) is 4.79 Å². The van der Waals surface area contributed by atoms with Crippen LogP contribution in [-0.2, 0) is 4.79 Å². The van der Waals surface area contributed by atoms with Gasteiger partial charge in [0.2, 0.25) is 5.91 Å². The minimum Gasteiger partial charge on any atom is -0.397 e. The standard InChI is InChI=1S/C16H17ClN2O/c1-2-13(11-6-4-3-5-7-11)16(20)19-15-9-8-12(17)10-14(15)18/h3-10,13H,2,18H2,1H3,(H,19,20). The normalized spacial score (nSPS) is 11.9. The van der Waals surface area contributed by atoms with Crippen LogP contribution in [-0.4, -0.2) is 5.91 Å². The molecule has 0 aliphatic rings. The van der Waals surface area contributed by atoms with Crippen LogP contribution >= 0.6 is 11.6 Å². The van der Waals surface area contributed by atoms with Gasteiger partial charge in [-0.25, -0.2) is 0 Å². The van der Waals surface area contributed by atoms with Gasteiger partial charge in [-0.15, -0.1) is 0 Å². The number of carbonyl (C=O) groups excluding carboxylic acids is 1. The molecule has 0 aliphatic carbocycles. The van der Waals surface area contributed by atoms with E-state index in [1.165, 1.54) is 0 Å². The average molecular weight is 289 g/mol. The Kier molecular flexibility index (Phi) is 4.64. The zero-order chi connectivity index (χ0) is 14.5.